The zero-order valence-electron chi connectivity index (χ0n) is 32.3. The average Bonchev–Trinajstić information content (AvgIpc) is 3.17. The lowest BCUT2D eigenvalue weighted by Gasteiger charge is -2.09. The van der Waals surface area contributed by atoms with Crippen LogP contribution in [-0.4, -0.2) is 162 Å². The third-order valence-electron chi connectivity index (χ3n) is 7.31. The molecule has 0 saturated heterocycles. The number of unbranched alkanes of at least 4 members (excludes halogenated alkanes) is 5. The fourth-order valence-corrected chi connectivity index (χ4v) is 4.48. The summed E-state index contributed by atoms with van der Waals surface area (Å²) in [7, 11) is 0. The minimum Gasteiger partial charge on any atom is -0.379 e. The van der Waals surface area contributed by atoms with E-state index >= 15 is 0 Å². The average molecular weight is 780 g/mol. The first kappa shape index (κ1) is 49.4. The minimum absolute atomic E-state index is 0.187. The Morgan fingerprint density at radius 2 is 0.778 bits per heavy atom. The van der Waals surface area contributed by atoms with Gasteiger partial charge in [-0.3, -0.25) is 20.2 Å². The number of non-ortho nitro benzene ring substituents is 1. The van der Waals surface area contributed by atoms with E-state index in [-0.39, 0.29) is 23.7 Å². The van der Waals surface area contributed by atoms with Crippen LogP contribution in [0.5, 0.6) is 0 Å². The Balaban J connectivity index is 1.69. The van der Waals surface area contributed by atoms with Gasteiger partial charge in [-0.2, -0.15) is 0 Å². The Kier molecular flexibility index (Phi) is 35.4. The van der Waals surface area contributed by atoms with Crippen molar-refractivity contribution in [2.45, 2.75) is 45.4 Å². The monoisotopic (exact) mass is 779 g/mol. The molecule has 1 rings (SSSR count). The molecule has 0 fully saturated rings. The van der Waals surface area contributed by atoms with Crippen LogP contribution in [0.1, 0.15) is 45.4 Å². The molecule has 314 valence electrons. The van der Waals surface area contributed by atoms with Crippen LogP contribution < -0.4 is 5.32 Å². The van der Waals surface area contributed by atoms with Gasteiger partial charge in [-0.25, -0.2) is 0 Å². The molecule has 18 nitrogen and oxygen atoms in total. The largest absolute Gasteiger partial charge is 0.379 e. The maximum atomic E-state index is 11.2. The first-order chi connectivity index (χ1) is 26.6. The molecule has 0 heterocycles. The van der Waals surface area contributed by atoms with Gasteiger partial charge in [0.25, 0.3) is 11.4 Å². The van der Waals surface area contributed by atoms with Crippen LogP contribution in [-0.2, 0) is 52.1 Å². The molecular weight excluding hydrogens is 714 g/mol. The number of nitrogens with zero attached hydrogens (tertiary/aromatic N) is 2. The molecule has 1 aromatic carbocycles. The van der Waals surface area contributed by atoms with Crippen LogP contribution in [0.2, 0.25) is 0 Å². The van der Waals surface area contributed by atoms with Gasteiger partial charge in [0, 0.05) is 19.2 Å². The number of ether oxygens (including phenoxy) is 11. The number of anilines is 1. The molecule has 0 amide bonds. The van der Waals surface area contributed by atoms with E-state index in [1.165, 1.54) is 44.2 Å². The molecule has 0 aliphatic rings. The van der Waals surface area contributed by atoms with Gasteiger partial charge in [0.15, 0.2) is 0 Å². The highest BCUT2D eigenvalue weighted by molar-refractivity contribution is 5.65. The van der Waals surface area contributed by atoms with Gasteiger partial charge in [-0.05, 0) is 12.5 Å². The molecule has 18 heteroatoms. The van der Waals surface area contributed by atoms with Crippen molar-refractivity contribution in [3.8, 4) is 0 Å². The normalized spacial score (nSPS) is 11.4. The van der Waals surface area contributed by atoms with Gasteiger partial charge >= 0.3 is 0 Å². The van der Waals surface area contributed by atoms with Crippen molar-refractivity contribution in [1.29, 1.82) is 0 Å². The van der Waals surface area contributed by atoms with Crippen molar-refractivity contribution in [1.82, 2.24) is 0 Å². The van der Waals surface area contributed by atoms with Crippen molar-refractivity contribution < 1.29 is 62.0 Å². The van der Waals surface area contributed by atoms with E-state index in [1.54, 1.807) is 0 Å². The van der Waals surface area contributed by atoms with E-state index in [0.29, 0.717) is 139 Å². The quantitative estimate of drug-likeness (QED) is 0.0553. The lowest BCUT2D eigenvalue weighted by Crippen LogP contribution is -2.16. The number of nitro benzene ring substituents is 2. The van der Waals surface area contributed by atoms with Gasteiger partial charge in [-0.1, -0.05) is 39.0 Å². The topological polar surface area (TPSA) is 200 Å². The van der Waals surface area contributed by atoms with Crippen molar-refractivity contribution in [3.63, 3.8) is 0 Å². The highest BCUT2D eigenvalue weighted by Crippen LogP contribution is 2.28. The number of nitrogens with one attached hydrogen (secondary N) is 1. The Morgan fingerprint density at radius 3 is 1.13 bits per heavy atom. The lowest BCUT2D eigenvalue weighted by molar-refractivity contribution is -0.393. The second kappa shape index (κ2) is 38.6. The zero-order chi connectivity index (χ0) is 39.0. The summed E-state index contributed by atoms with van der Waals surface area (Å²) in [4.78, 5) is 20.6. The third kappa shape index (κ3) is 31.7. The molecular formula is C36H65N3O15. The van der Waals surface area contributed by atoms with Crippen molar-refractivity contribution in [3.05, 3.63) is 38.4 Å². The molecule has 0 unspecified atom stereocenters. The van der Waals surface area contributed by atoms with E-state index in [4.69, 9.17) is 52.1 Å². The molecule has 1 aromatic rings. The SMILES string of the molecule is CCCCCCCCOCCOCCOCCOCCOCCOCCOCCOCCOCCOCCOCCNc1ccc([N+](=O)[O-])cc1[N+](=O)[O-]. The van der Waals surface area contributed by atoms with E-state index in [1.807, 2.05) is 0 Å². The number of benzene rings is 1. The van der Waals surface area contributed by atoms with Gasteiger partial charge in [0.2, 0.25) is 0 Å². The Morgan fingerprint density at radius 1 is 0.444 bits per heavy atom. The predicted molar refractivity (Wildman–Crippen MR) is 201 cm³/mol. The van der Waals surface area contributed by atoms with Crippen LogP contribution in [0.25, 0.3) is 0 Å². The summed E-state index contributed by atoms with van der Waals surface area (Å²) in [5.74, 6) is 0. The smallest absolute Gasteiger partial charge is 0.299 e. The maximum Gasteiger partial charge on any atom is 0.299 e. The second-order valence-electron chi connectivity index (χ2n) is 11.6. The molecule has 0 radical (unpaired) electrons. The lowest BCUT2D eigenvalue weighted by atomic mass is 10.1. The van der Waals surface area contributed by atoms with Crippen LogP contribution in [0.4, 0.5) is 17.1 Å². The molecule has 0 aliphatic carbocycles. The molecule has 0 bridgehead atoms. The number of hydrogen-bond acceptors (Lipinski definition) is 16. The Hall–Kier alpha value is -2.62. The van der Waals surface area contributed by atoms with Crippen LogP contribution in [0.3, 0.4) is 0 Å². The van der Waals surface area contributed by atoms with Crippen LogP contribution in [0.15, 0.2) is 18.2 Å². The molecule has 0 spiro atoms. The van der Waals surface area contributed by atoms with Gasteiger partial charge < -0.3 is 57.4 Å². The molecule has 0 aromatic heterocycles. The fraction of sp³-hybridized carbons (Fsp3) is 0.833. The number of nitro groups is 2. The zero-order valence-corrected chi connectivity index (χ0v) is 32.3. The van der Waals surface area contributed by atoms with Crippen molar-refractivity contribution >= 4 is 17.1 Å². The van der Waals surface area contributed by atoms with Crippen molar-refractivity contribution in [2.75, 3.05) is 157 Å². The summed E-state index contributed by atoms with van der Waals surface area (Å²) in [6.07, 6.45) is 7.62. The summed E-state index contributed by atoms with van der Waals surface area (Å²) in [6.45, 7) is 13.2. The van der Waals surface area contributed by atoms with Crippen molar-refractivity contribution in [2.24, 2.45) is 0 Å². The first-order valence-corrected chi connectivity index (χ1v) is 19.1. The maximum absolute atomic E-state index is 11.2. The van der Waals surface area contributed by atoms with E-state index in [0.717, 1.165) is 19.1 Å². The molecule has 0 aliphatic heterocycles. The second-order valence-corrected chi connectivity index (χ2v) is 11.6. The summed E-state index contributed by atoms with van der Waals surface area (Å²) in [6, 6.07) is 3.43. The fourth-order valence-electron chi connectivity index (χ4n) is 4.48. The Labute approximate surface area is 319 Å². The van der Waals surface area contributed by atoms with Crippen LogP contribution in [0, 0.1) is 20.2 Å². The van der Waals surface area contributed by atoms with Gasteiger partial charge in [0.1, 0.15) is 5.69 Å². The Bertz CT molecular complexity index is 1010. The summed E-state index contributed by atoms with van der Waals surface area (Å²) in [5.41, 5.74) is -0.523. The minimum atomic E-state index is -0.679. The summed E-state index contributed by atoms with van der Waals surface area (Å²) < 4.78 is 60.3. The van der Waals surface area contributed by atoms with E-state index < -0.39 is 9.85 Å². The van der Waals surface area contributed by atoms with Gasteiger partial charge in [0.05, 0.1) is 155 Å². The number of hydrogen-bond donors (Lipinski definition) is 1. The molecule has 1 N–H and O–H groups in total. The van der Waals surface area contributed by atoms with Crippen LogP contribution >= 0.6 is 0 Å². The predicted octanol–water partition coefficient (Wildman–Crippen LogP) is 4.46. The summed E-state index contributed by atoms with van der Waals surface area (Å²) in [5, 5.41) is 24.8. The third-order valence-corrected chi connectivity index (χ3v) is 7.31. The highest BCUT2D eigenvalue weighted by Gasteiger charge is 2.19. The molecule has 54 heavy (non-hydrogen) atoms. The highest BCUT2D eigenvalue weighted by atomic mass is 16.6. The first-order valence-electron chi connectivity index (χ1n) is 19.1. The number of rotatable bonds is 43. The summed E-state index contributed by atoms with van der Waals surface area (Å²) >= 11 is 0. The molecule has 0 atom stereocenters. The standard InChI is InChI=1S/C36H65N3O15/c1-2-3-4-5-6-7-11-44-13-15-46-17-19-48-21-23-50-25-27-52-29-31-54-32-30-53-28-26-51-24-22-49-20-18-47-16-14-45-12-10-37-35-9-8-34(38(40)41)33-36(35)39(42)43/h8-9,33,37H,2-7,10-32H2,1H3. The van der Waals surface area contributed by atoms with E-state index in [2.05, 4.69) is 12.2 Å². The van der Waals surface area contributed by atoms with E-state index in [9.17, 15) is 20.2 Å². The molecule has 0 saturated carbocycles. The van der Waals surface area contributed by atoms with Gasteiger partial charge in [-0.15, -0.1) is 0 Å².